The van der Waals surface area contributed by atoms with Gasteiger partial charge in [0.05, 0.1) is 0 Å². The third kappa shape index (κ3) is 4.38. The number of hydrogen-bond acceptors (Lipinski definition) is 1. The molecule has 88 valence electrons. The molecule has 1 fully saturated rings. The zero-order valence-electron chi connectivity index (χ0n) is 11.1. The average molecular weight is 209 g/mol. The monoisotopic (exact) mass is 209 g/mol. The smallest absolute Gasteiger partial charge is 0.0165 e. The highest BCUT2D eigenvalue weighted by Crippen LogP contribution is 2.34. The van der Waals surface area contributed by atoms with Gasteiger partial charge in [0, 0.05) is 6.54 Å². The van der Waals surface area contributed by atoms with Crippen LogP contribution in [0.4, 0.5) is 0 Å². The van der Waals surface area contributed by atoms with Crippen molar-refractivity contribution in [2.45, 2.75) is 47.5 Å². The summed E-state index contributed by atoms with van der Waals surface area (Å²) in [6.45, 7) is 15.2. The second kappa shape index (κ2) is 5.16. The van der Waals surface area contributed by atoms with Crippen LogP contribution in [0.3, 0.4) is 0 Å². The first kappa shape index (κ1) is 12.8. The van der Waals surface area contributed by atoms with Gasteiger partial charge in [0.2, 0.25) is 0 Å². The largest absolute Gasteiger partial charge is 0.300 e. The maximum Gasteiger partial charge on any atom is 0.0165 e. The molecule has 0 aromatic rings. The molecule has 0 amide bonds. The minimum absolute atomic E-state index is 0.503. The van der Waals surface area contributed by atoms with Crippen LogP contribution in [0.1, 0.15) is 47.5 Å². The average Bonchev–Trinajstić information content (AvgIpc) is 2.14. The van der Waals surface area contributed by atoms with Crippen LogP contribution in [0.5, 0.6) is 0 Å². The first-order chi connectivity index (χ1) is 6.89. The predicted molar refractivity (Wildman–Crippen MR) is 68.1 cm³/mol. The first-order valence-electron chi connectivity index (χ1n) is 6.25. The van der Waals surface area contributed by atoms with Crippen LogP contribution < -0.4 is 0 Å². The fraction of sp³-hybridized carbons (Fsp3) is 0.857. The second-order valence-electron chi connectivity index (χ2n) is 6.22. The molecule has 0 N–H and O–H groups in total. The quantitative estimate of drug-likeness (QED) is 0.627. The van der Waals surface area contributed by atoms with E-state index in [-0.39, 0.29) is 0 Å². The van der Waals surface area contributed by atoms with E-state index in [0.29, 0.717) is 5.41 Å². The highest BCUT2D eigenvalue weighted by Gasteiger charge is 2.28. The summed E-state index contributed by atoms with van der Waals surface area (Å²) < 4.78 is 0. The van der Waals surface area contributed by atoms with Gasteiger partial charge in [-0.25, -0.2) is 0 Å². The Kier molecular flexibility index (Phi) is 4.39. The normalized spacial score (nSPS) is 20.3. The summed E-state index contributed by atoms with van der Waals surface area (Å²) in [5, 5.41) is 0. The van der Waals surface area contributed by atoms with Crippen LogP contribution in [0.25, 0.3) is 0 Å². The van der Waals surface area contributed by atoms with Crippen molar-refractivity contribution in [1.29, 1.82) is 0 Å². The van der Waals surface area contributed by atoms with Crippen LogP contribution >= 0.6 is 0 Å². The molecule has 1 nitrogen and oxygen atoms in total. The van der Waals surface area contributed by atoms with Gasteiger partial charge in [-0.2, -0.15) is 0 Å². The van der Waals surface area contributed by atoms with Gasteiger partial charge < -0.3 is 0 Å². The van der Waals surface area contributed by atoms with Gasteiger partial charge in [-0.3, -0.25) is 4.90 Å². The number of likely N-dealkylation sites (tertiary alicyclic amines) is 1. The lowest BCUT2D eigenvalue weighted by atomic mass is 9.75. The third-order valence-corrected chi connectivity index (χ3v) is 3.57. The number of hydrogen-bond donors (Lipinski definition) is 0. The molecule has 0 bridgehead atoms. The van der Waals surface area contributed by atoms with Crippen molar-refractivity contribution in [3.05, 3.63) is 11.6 Å². The number of allylic oxidation sites excluding steroid dienone is 1. The molecule has 0 aromatic heterocycles. The molecule has 0 spiro atoms. The Morgan fingerprint density at radius 3 is 2.13 bits per heavy atom. The van der Waals surface area contributed by atoms with Crippen LogP contribution in [0.15, 0.2) is 11.6 Å². The van der Waals surface area contributed by atoms with Crippen LogP contribution in [0, 0.1) is 11.3 Å². The minimum Gasteiger partial charge on any atom is -0.300 e. The first-order valence-corrected chi connectivity index (χ1v) is 6.25. The van der Waals surface area contributed by atoms with E-state index in [1.54, 1.807) is 0 Å². The molecule has 1 rings (SSSR count). The molecule has 0 radical (unpaired) electrons. The standard InChI is InChI=1S/C14H27N/c1-12(2)6-9-15-10-7-13(8-11-15)14(3,4)5/h6,13H,7-11H2,1-5H3. The van der Waals surface area contributed by atoms with E-state index in [4.69, 9.17) is 0 Å². The molecular weight excluding hydrogens is 182 g/mol. The fourth-order valence-corrected chi connectivity index (χ4v) is 2.29. The zero-order chi connectivity index (χ0) is 11.5. The SMILES string of the molecule is CC(C)=CCN1CCC(C(C)(C)C)CC1. The fourth-order valence-electron chi connectivity index (χ4n) is 2.29. The maximum absolute atomic E-state index is 2.58. The third-order valence-electron chi connectivity index (χ3n) is 3.57. The molecule has 1 heterocycles. The Morgan fingerprint density at radius 1 is 1.20 bits per heavy atom. The zero-order valence-corrected chi connectivity index (χ0v) is 11.1. The van der Waals surface area contributed by atoms with E-state index in [2.05, 4.69) is 45.6 Å². The molecule has 0 unspecified atom stereocenters. The van der Waals surface area contributed by atoms with Crippen molar-refractivity contribution in [1.82, 2.24) is 4.90 Å². The predicted octanol–water partition coefficient (Wildman–Crippen LogP) is 3.71. The molecule has 0 saturated carbocycles. The Balaban J connectivity index is 2.33. The number of rotatable bonds is 2. The minimum atomic E-state index is 0.503. The van der Waals surface area contributed by atoms with Gasteiger partial charge in [-0.05, 0) is 51.1 Å². The number of piperidine rings is 1. The van der Waals surface area contributed by atoms with Crippen LogP contribution in [-0.2, 0) is 0 Å². The van der Waals surface area contributed by atoms with E-state index < -0.39 is 0 Å². The summed E-state index contributed by atoms with van der Waals surface area (Å²) >= 11 is 0. The summed E-state index contributed by atoms with van der Waals surface area (Å²) in [5.74, 6) is 0.917. The Bertz CT molecular complexity index is 210. The van der Waals surface area contributed by atoms with E-state index >= 15 is 0 Å². The van der Waals surface area contributed by atoms with Gasteiger partial charge in [-0.1, -0.05) is 32.4 Å². The molecule has 0 atom stereocenters. The Labute approximate surface area is 95.5 Å². The molecule has 1 aliphatic rings. The lowest BCUT2D eigenvalue weighted by Gasteiger charge is -2.38. The summed E-state index contributed by atoms with van der Waals surface area (Å²) in [6.07, 6.45) is 5.09. The molecular formula is C14H27N. The highest BCUT2D eigenvalue weighted by molar-refractivity contribution is 4.95. The van der Waals surface area contributed by atoms with E-state index in [9.17, 15) is 0 Å². The maximum atomic E-state index is 2.58. The van der Waals surface area contributed by atoms with Crippen molar-refractivity contribution < 1.29 is 0 Å². The lowest BCUT2D eigenvalue weighted by molar-refractivity contribution is 0.120. The van der Waals surface area contributed by atoms with Gasteiger partial charge in [0.1, 0.15) is 0 Å². The molecule has 1 heteroatoms. The van der Waals surface area contributed by atoms with Gasteiger partial charge in [-0.15, -0.1) is 0 Å². The number of nitrogens with zero attached hydrogens (tertiary/aromatic N) is 1. The van der Waals surface area contributed by atoms with Gasteiger partial charge in [0.25, 0.3) is 0 Å². The summed E-state index contributed by atoms with van der Waals surface area (Å²) in [7, 11) is 0. The van der Waals surface area contributed by atoms with E-state index in [1.807, 2.05) is 0 Å². The summed E-state index contributed by atoms with van der Waals surface area (Å²) in [4.78, 5) is 2.58. The van der Waals surface area contributed by atoms with E-state index in [1.165, 1.54) is 31.5 Å². The van der Waals surface area contributed by atoms with Gasteiger partial charge in [0.15, 0.2) is 0 Å². The van der Waals surface area contributed by atoms with Crippen molar-refractivity contribution in [3.63, 3.8) is 0 Å². The second-order valence-corrected chi connectivity index (χ2v) is 6.22. The van der Waals surface area contributed by atoms with Gasteiger partial charge >= 0.3 is 0 Å². The molecule has 0 aliphatic carbocycles. The van der Waals surface area contributed by atoms with Crippen molar-refractivity contribution >= 4 is 0 Å². The van der Waals surface area contributed by atoms with Crippen molar-refractivity contribution in [3.8, 4) is 0 Å². The topological polar surface area (TPSA) is 3.24 Å². The highest BCUT2D eigenvalue weighted by atomic mass is 15.1. The van der Waals surface area contributed by atoms with E-state index in [0.717, 1.165) is 12.5 Å². The summed E-state index contributed by atoms with van der Waals surface area (Å²) in [5.41, 5.74) is 1.94. The molecule has 1 saturated heterocycles. The Morgan fingerprint density at radius 2 is 1.73 bits per heavy atom. The van der Waals surface area contributed by atoms with Crippen LogP contribution in [0.2, 0.25) is 0 Å². The molecule has 0 aromatic carbocycles. The van der Waals surface area contributed by atoms with Crippen LogP contribution in [-0.4, -0.2) is 24.5 Å². The Hall–Kier alpha value is -0.300. The molecule has 15 heavy (non-hydrogen) atoms. The molecule has 1 aliphatic heterocycles. The van der Waals surface area contributed by atoms with Crippen molar-refractivity contribution in [2.75, 3.05) is 19.6 Å². The lowest BCUT2D eigenvalue weighted by Crippen LogP contribution is -2.38. The summed E-state index contributed by atoms with van der Waals surface area (Å²) in [6, 6.07) is 0. The van der Waals surface area contributed by atoms with Crippen molar-refractivity contribution in [2.24, 2.45) is 11.3 Å².